The zero-order valence-electron chi connectivity index (χ0n) is 11.5. The van der Waals surface area contributed by atoms with Gasteiger partial charge in [-0.05, 0) is 12.1 Å². The fourth-order valence-electron chi connectivity index (χ4n) is 1.20. The lowest BCUT2D eigenvalue weighted by molar-refractivity contribution is -0.131. The maximum Gasteiger partial charge on any atom is 0.257 e. The van der Waals surface area contributed by atoms with E-state index in [1.165, 1.54) is 0 Å². The van der Waals surface area contributed by atoms with Gasteiger partial charge in [0.25, 0.3) is 5.91 Å². The zero-order chi connectivity index (χ0) is 15.3. The third-order valence-corrected chi connectivity index (χ3v) is 2.36. The molecule has 0 heterocycles. The van der Waals surface area contributed by atoms with Gasteiger partial charge < -0.3 is 5.32 Å². The standard InChI is InChI=1S/C13H17F2N3O2/c1-13(2,3)12(20)16-7-11(19)18-17-10-5-4-8(14)6-9(10)15/h4-6,17H,7H2,1-3H3,(H,16,20)(H,18,19). The van der Waals surface area contributed by atoms with Gasteiger partial charge in [0.05, 0.1) is 12.2 Å². The van der Waals surface area contributed by atoms with Crippen molar-refractivity contribution in [2.75, 3.05) is 12.0 Å². The highest BCUT2D eigenvalue weighted by Crippen LogP contribution is 2.13. The maximum atomic E-state index is 13.2. The lowest BCUT2D eigenvalue weighted by Gasteiger charge is -2.17. The van der Waals surface area contributed by atoms with E-state index in [0.29, 0.717) is 6.07 Å². The van der Waals surface area contributed by atoms with Crippen molar-refractivity contribution in [3.63, 3.8) is 0 Å². The van der Waals surface area contributed by atoms with E-state index in [1.54, 1.807) is 20.8 Å². The second-order valence-electron chi connectivity index (χ2n) is 5.23. The van der Waals surface area contributed by atoms with Crippen LogP contribution in [0.15, 0.2) is 18.2 Å². The summed E-state index contributed by atoms with van der Waals surface area (Å²) in [5, 5.41) is 2.44. The molecule has 0 bridgehead atoms. The first-order valence-corrected chi connectivity index (χ1v) is 5.98. The predicted molar refractivity (Wildman–Crippen MR) is 70.6 cm³/mol. The molecule has 3 N–H and O–H groups in total. The Morgan fingerprint density at radius 3 is 2.40 bits per heavy atom. The zero-order valence-corrected chi connectivity index (χ0v) is 11.5. The number of hydrazine groups is 1. The van der Waals surface area contributed by atoms with Crippen molar-refractivity contribution in [1.29, 1.82) is 0 Å². The van der Waals surface area contributed by atoms with Crippen LogP contribution in [0, 0.1) is 17.0 Å². The largest absolute Gasteiger partial charge is 0.347 e. The number of anilines is 1. The van der Waals surface area contributed by atoms with Crippen molar-refractivity contribution in [2.24, 2.45) is 5.41 Å². The van der Waals surface area contributed by atoms with Crippen LogP contribution >= 0.6 is 0 Å². The molecule has 0 unspecified atom stereocenters. The van der Waals surface area contributed by atoms with Crippen LogP contribution in [0.5, 0.6) is 0 Å². The Bertz CT molecular complexity index is 513. The Hall–Kier alpha value is -2.18. The summed E-state index contributed by atoms with van der Waals surface area (Å²) in [5.74, 6) is -2.37. The summed E-state index contributed by atoms with van der Waals surface area (Å²) in [6, 6.07) is 2.90. The normalized spacial score (nSPS) is 10.8. The van der Waals surface area contributed by atoms with Gasteiger partial charge in [-0.3, -0.25) is 20.4 Å². The van der Waals surface area contributed by atoms with Crippen LogP contribution in [0.4, 0.5) is 14.5 Å². The molecule has 0 aromatic heterocycles. The summed E-state index contributed by atoms with van der Waals surface area (Å²) in [6.07, 6.45) is 0. The van der Waals surface area contributed by atoms with E-state index < -0.39 is 23.0 Å². The molecule has 0 aliphatic rings. The van der Waals surface area contributed by atoms with E-state index in [1.807, 2.05) is 0 Å². The average molecular weight is 285 g/mol. The molecular weight excluding hydrogens is 268 g/mol. The average Bonchev–Trinajstić information content (AvgIpc) is 2.33. The van der Waals surface area contributed by atoms with Crippen LogP contribution in [0.2, 0.25) is 0 Å². The van der Waals surface area contributed by atoms with Crippen LogP contribution < -0.4 is 16.2 Å². The molecule has 0 aliphatic heterocycles. The molecule has 0 saturated carbocycles. The Morgan fingerprint density at radius 1 is 1.20 bits per heavy atom. The molecule has 0 atom stereocenters. The van der Waals surface area contributed by atoms with Crippen molar-refractivity contribution >= 4 is 17.5 Å². The van der Waals surface area contributed by atoms with E-state index in [4.69, 9.17) is 0 Å². The van der Waals surface area contributed by atoms with Gasteiger partial charge in [0.1, 0.15) is 5.82 Å². The highest BCUT2D eigenvalue weighted by molar-refractivity contribution is 5.87. The topological polar surface area (TPSA) is 70.2 Å². The quantitative estimate of drug-likeness (QED) is 0.735. The SMILES string of the molecule is CC(C)(C)C(=O)NCC(=O)NNc1ccc(F)cc1F. The van der Waals surface area contributed by atoms with E-state index in [2.05, 4.69) is 16.2 Å². The smallest absolute Gasteiger partial charge is 0.257 e. The highest BCUT2D eigenvalue weighted by Gasteiger charge is 2.21. The molecule has 0 radical (unpaired) electrons. The molecule has 2 amide bonds. The van der Waals surface area contributed by atoms with Crippen LogP contribution in [0.25, 0.3) is 0 Å². The molecule has 7 heteroatoms. The number of carbonyl (C=O) groups excluding carboxylic acids is 2. The fraction of sp³-hybridized carbons (Fsp3) is 0.385. The number of rotatable bonds is 4. The number of benzene rings is 1. The van der Waals surface area contributed by atoms with Gasteiger partial charge in [-0.1, -0.05) is 20.8 Å². The molecule has 1 rings (SSSR count). The van der Waals surface area contributed by atoms with Crippen molar-refractivity contribution < 1.29 is 18.4 Å². The van der Waals surface area contributed by atoms with E-state index >= 15 is 0 Å². The van der Waals surface area contributed by atoms with Gasteiger partial charge in [-0.15, -0.1) is 0 Å². The van der Waals surface area contributed by atoms with Crippen molar-refractivity contribution in [3.05, 3.63) is 29.8 Å². The number of carbonyl (C=O) groups is 2. The second-order valence-corrected chi connectivity index (χ2v) is 5.23. The summed E-state index contributed by atoms with van der Waals surface area (Å²) in [5.41, 5.74) is 3.84. The maximum absolute atomic E-state index is 13.2. The second kappa shape index (κ2) is 6.31. The lowest BCUT2D eigenvalue weighted by Crippen LogP contribution is -2.43. The minimum absolute atomic E-state index is 0.0677. The van der Waals surface area contributed by atoms with Gasteiger partial charge in [0.15, 0.2) is 5.82 Å². The minimum atomic E-state index is -0.830. The monoisotopic (exact) mass is 285 g/mol. The minimum Gasteiger partial charge on any atom is -0.347 e. The van der Waals surface area contributed by atoms with E-state index in [0.717, 1.165) is 12.1 Å². The third-order valence-electron chi connectivity index (χ3n) is 2.36. The molecule has 0 aliphatic carbocycles. The van der Waals surface area contributed by atoms with Gasteiger partial charge in [0.2, 0.25) is 5.91 Å². The molecule has 1 aromatic carbocycles. The summed E-state index contributed by atoms with van der Waals surface area (Å²) in [4.78, 5) is 23.0. The summed E-state index contributed by atoms with van der Waals surface area (Å²) in [6.45, 7) is 4.90. The lowest BCUT2D eigenvalue weighted by atomic mass is 9.96. The number of halogens is 2. The summed E-state index contributed by atoms with van der Waals surface area (Å²) >= 11 is 0. The first-order chi connectivity index (χ1) is 9.20. The Labute approximate surface area is 115 Å². The molecule has 1 aromatic rings. The Kier molecular flexibility index (Phi) is 5.01. The van der Waals surface area contributed by atoms with Crippen molar-refractivity contribution in [1.82, 2.24) is 10.7 Å². The van der Waals surface area contributed by atoms with Crippen molar-refractivity contribution in [2.45, 2.75) is 20.8 Å². The van der Waals surface area contributed by atoms with E-state index in [-0.39, 0.29) is 18.1 Å². The van der Waals surface area contributed by atoms with Crippen molar-refractivity contribution in [3.8, 4) is 0 Å². The highest BCUT2D eigenvalue weighted by atomic mass is 19.1. The van der Waals surface area contributed by atoms with Crippen LogP contribution in [-0.2, 0) is 9.59 Å². The first-order valence-electron chi connectivity index (χ1n) is 5.98. The molecular formula is C13H17F2N3O2. The predicted octanol–water partition coefficient (Wildman–Crippen LogP) is 1.57. The Morgan fingerprint density at radius 2 is 1.85 bits per heavy atom. The van der Waals surface area contributed by atoms with Crippen LogP contribution in [-0.4, -0.2) is 18.4 Å². The van der Waals surface area contributed by atoms with E-state index in [9.17, 15) is 18.4 Å². The number of nitrogens with one attached hydrogen (secondary N) is 3. The van der Waals surface area contributed by atoms with Crippen LogP contribution in [0.1, 0.15) is 20.8 Å². The summed E-state index contributed by atoms with van der Waals surface area (Å²) < 4.78 is 25.9. The first kappa shape index (κ1) is 15.9. The van der Waals surface area contributed by atoms with Gasteiger partial charge >= 0.3 is 0 Å². The Balaban J connectivity index is 2.42. The van der Waals surface area contributed by atoms with Gasteiger partial charge in [0, 0.05) is 11.5 Å². The van der Waals surface area contributed by atoms with Crippen LogP contribution in [0.3, 0.4) is 0 Å². The number of hydrogen-bond donors (Lipinski definition) is 3. The molecule has 0 fully saturated rings. The molecule has 0 spiro atoms. The molecule has 0 saturated heterocycles. The molecule has 20 heavy (non-hydrogen) atoms. The number of hydrogen-bond acceptors (Lipinski definition) is 3. The van der Waals surface area contributed by atoms with Gasteiger partial charge in [-0.25, -0.2) is 8.78 Å². The fourth-order valence-corrected chi connectivity index (χ4v) is 1.20. The molecule has 110 valence electrons. The van der Waals surface area contributed by atoms with Gasteiger partial charge in [-0.2, -0.15) is 0 Å². The number of amides is 2. The summed E-state index contributed by atoms with van der Waals surface area (Å²) in [7, 11) is 0. The molecule has 5 nitrogen and oxygen atoms in total. The third kappa shape index (κ3) is 4.83.